The summed E-state index contributed by atoms with van der Waals surface area (Å²) in [6, 6.07) is 10.2. The van der Waals surface area contributed by atoms with Gasteiger partial charge in [0.05, 0.1) is 29.2 Å². The van der Waals surface area contributed by atoms with Gasteiger partial charge in [-0.2, -0.15) is 0 Å². The zero-order chi connectivity index (χ0) is 15.3. The third-order valence-corrected chi connectivity index (χ3v) is 3.63. The monoisotopic (exact) mass is 288 g/mol. The van der Waals surface area contributed by atoms with E-state index in [0.717, 1.165) is 24.3 Å². The van der Waals surface area contributed by atoms with Gasteiger partial charge in [0.2, 0.25) is 0 Å². The zero-order valence-electron chi connectivity index (χ0n) is 13.2. The maximum atomic E-state index is 5.57. The van der Waals surface area contributed by atoms with Crippen LogP contribution in [0.5, 0.6) is 0 Å². The molecule has 0 saturated heterocycles. The van der Waals surface area contributed by atoms with Crippen LogP contribution in [0.25, 0.3) is 5.69 Å². The molecule has 1 N–H and O–H groups in total. The maximum absolute atomic E-state index is 5.57. The minimum Gasteiger partial charge on any atom is -0.379 e. The van der Waals surface area contributed by atoms with Crippen LogP contribution in [0.3, 0.4) is 0 Å². The largest absolute Gasteiger partial charge is 0.379 e. The number of benzene rings is 1. The Balaban J connectivity index is 2.32. The molecule has 0 saturated carbocycles. The van der Waals surface area contributed by atoms with Gasteiger partial charge in [-0.25, -0.2) is 4.68 Å². The van der Waals surface area contributed by atoms with E-state index in [1.807, 2.05) is 41.2 Å². The smallest absolute Gasteiger partial charge is 0.0816 e. The SMILES string of the molecule is CCNC(CC(C)(C)OC)c1cnnn1-c1ccccc1. The molecule has 1 aromatic heterocycles. The normalized spacial score (nSPS) is 13.3. The standard InChI is InChI=1S/C16H24N4O/c1-5-17-14(11-16(2,3)21-4)15-12-18-19-20(15)13-9-7-6-8-10-13/h6-10,12,14,17H,5,11H2,1-4H3. The molecular weight excluding hydrogens is 264 g/mol. The molecule has 0 fully saturated rings. The quantitative estimate of drug-likeness (QED) is 0.851. The fourth-order valence-electron chi connectivity index (χ4n) is 2.35. The molecule has 0 aliphatic rings. The molecule has 0 bridgehead atoms. The Hall–Kier alpha value is -1.72. The predicted octanol–water partition coefficient (Wildman–Crippen LogP) is 2.73. The zero-order valence-corrected chi connectivity index (χ0v) is 13.2. The van der Waals surface area contributed by atoms with E-state index in [2.05, 4.69) is 36.4 Å². The van der Waals surface area contributed by atoms with Crippen LogP contribution in [0, 0.1) is 0 Å². The molecule has 0 radical (unpaired) electrons. The van der Waals surface area contributed by atoms with Gasteiger partial charge in [-0.15, -0.1) is 5.10 Å². The molecule has 0 amide bonds. The third kappa shape index (κ3) is 3.89. The topological polar surface area (TPSA) is 52.0 Å². The number of methoxy groups -OCH3 is 1. The molecule has 2 aromatic rings. The maximum Gasteiger partial charge on any atom is 0.0816 e. The molecule has 114 valence electrons. The molecule has 0 aliphatic carbocycles. The lowest BCUT2D eigenvalue weighted by Crippen LogP contribution is -2.33. The van der Waals surface area contributed by atoms with Gasteiger partial charge >= 0.3 is 0 Å². The molecule has 21 heavy (non-hydrogen) atoms. The van der Waals surface area contributed by atoms with Gasteiger partial charge in [-0.1, -0.05) is 30.3 Å². The number of aromatic nitrogens is 3. The summed E-state index contributed by atoms with van der Waals surface area (Å²) >= 11 is 0. The Bertz CT molecular complexity index is 550. The van der Waals surface area contributed by atoms with Crippen molar-refractivity contribution in [2.45, 2.75) is 38.8 Å². The van der Waals surface area contributed by atoms with E-state index in [-0.39, 0.29) is 11.6 Å². The molecule has 0 spiro atoms. The van der Waals surface area contributed by atoms with Gasteiger partial charge in [0.25, 0.3) is 0 Å². The first kappa shape index (κ1) is 15.7. The third-order valence-electron chi connectivity index (χ3n) is 3.63. The molecule has 1 aromatic carbocycles. The first-order valence-corrected chi connectivity index (χ1v) is 7.32. The number of hydrogen-bond donors (Lipinski definition) is 1. The van der Waals surface area contributed by atoms with Gasteiger partial charge in [-0.05, 0) is 38.9 Å². The fourth-order valence-corrected chi connectivity index (χ4v) is 2.35. The summed E-state index contributed by atoms with van der Waals surface area (Å²) in [4.78, 5) is 0. The van der Waals surface area contributed by atoms with Crippen molar-refractivity contribution in [2.24, 2.45) is 0 Å². The summed E-state index contributed by atoms with van der Waals surface area (Å²) in [5.41, 5.74) is 1.86. The Morgan fingerprint density at radius 2 is 2.00 bits per heavy atom. The van der Waals surface area contributed by atoms with Crippen molar-refractivity contribution in [2.75, 3.05) is 13.7 Å². The van der Waals surface area contributed by atoms with Crippen molar-refractivity contribution in [1.29, 1.82) is 0 Å². The second-order valence-corrected chi connectivity index (χ2v) is 5.68. The average Bonchev–Trinajstić information content (AvgIpc) is 2.97. The van der Waals surface area contributed by atoms with E-state index in [9.17, 15) is 0 Å². The molecule has 1 heterocycles. The molecular formula is C16H24N4O. The first-order chi connectivity index (χ1) is 10.1. The predicted molar refractivity (Wildman–Crippen MR) is 83.5 cm³/mol. The summed E-state index contributed by atoms with van der Waals surface area (Å²) < 4.78 is 7.46. The minimum absolute atomic E-state index is 0.139. The summed E-state index contributed by atoms with van der Waals surface area (Å²) in [7, 11) is 1.75. The van der Waals surface area contributed by atoms with Crippen LogP contribution in [0.2, 0.25) is 0 Å². The second-order valence-electron chi connectivity index (χ2n) is 5.68. The molecule has 1 unspecified atom stereocenters. The van der Waals surface area contributed by atoms with E-state index in [1.54, 1.807) is 7.11 Å². The number of nitrogens with one attached hydrogen (secondary N) is 1. The van der Waals surface area contributed by atoms with Crippen molar-refractivity contribution in [3.05, 3.63) is 42.2 Å². The highest BCUT2D eigenvalue weighted by atomic mass is 16.5. The lowest BCUT2D eigenvalue weighted by molar-refractivity contribution is 0.00644. The van der Waals surface area contributed by atoms with Crippen LogP contribution in [0.15, 0.2) is 36.5 Å². The van der Waals surface area contributed by atoms with Gasteiger partial charge < -0.3 is 10.1 Å². The van der Waals surface area contributed by atoms with Crippen molar-refractivity contribution in [1.82, 2.24) is 20.3 Å². The molecule has 2 rings (SSSR count). The molecule has 0 aliphatic heterocycles. The van der Waals surface area contributed by atoms with Gasteiger partial charge in [0.1, 0.15) is 0 Å². The number of nitrogens with zero attached hydrogens (tertiary/aromatic N) is 3. The van der Waals surface area contributed by atoms with E-state index < -0.39 is 0 Å². The van der Waals surface area contributed by atoms with Crippen LogP contribution >= 0.6 is 0 Å². The second kappa shape index (κ2) is 6.83. The summed E-state index contributed by atoms with van der Waals surface area (Å²) in [5, 5.41) is 11.8. The summed E-state index contributed by atoms with van der Waals surface area (Å²) in [5.74, 6) is 0. The number of ether oxygens (including phenoxy) is 1. The number of hydrogen-bond acceptors (Lipinski definition) is 4. The average molecular weight is 288 g/mol. The highest BCUT2D eigenvalue weighted by Gasteiger charge is 2.26. The Labute approximate surface area is 126 Å². The first-order valence-electron chi connectivity index (χ1n) is 7.32. The molecule has 1 atom stereocenters. The van der Waals surface area contributed by atoms with Gasteiger partial charge in [0.15, 0.2) is 0 Å². The highest BCUT2D eigenvalue weighted by molar-refractivity contribution is 5.32. The van der Waals surface area contributed by atoms with Crippen LogP contribution in [-0.4, -0.2) is 34.2 Å². The summed E-state index contributed by atoms with van der Waals surface area (Å²) in [6.07, 6.45) is 2.67. The molecule has 5 heteroatoms. The minimum atomic E-state index is -0.210. The number of para-hydroxylation sites is 1. The van der Waals surface area contributed by atoms with Gasteiger partial charge in [0, 0.05) is 7.11 Å². The fraction of sp³-hybridized carbons (Fsp3) is 0.500. The van der Waals surface area contributed by atoms with Crippen LogP contribution < -0.4 is 5.32 Å². The van der Waals surface area contributed by atoms with E-state index >= 15 is 0 Å². The highest BCUT2D eigenvalue weighted by Crippen LogP contribution is 2.26. The van der Waals surface area contributed by atoms with E-state index in [1.165, 1.54) is 0 Å². The Morgan fingerprint density at radius 1 is 1.29 bits per heavy atom. The van der Waals surface area contributed by atoms with Crippen molar-refractivity contribution in [3.8, 4) is 5.69 Å². The lowest BCUT2D eigenvalue weighted by atomic mass is 9.96. The Kier molecular flexibility index (Phi) is 5.09. The number of rotatable bonds is 7. The van der Waals surface area contributed by atoms with Crippen LogP contribution in [0.4, 0.5) is 0 Å². The lowest BCUT2D eigenvalue weighted by Gasteiger charge is -2.29. The van der Waals surface area contributed by atoms with Crippen molar-refractivity contribution < 1.29 is 4.74 Å². The van der Waals surface area contributed by atoms with Crippen molar-refractivity contribution in [3.63, 3.8) is 0 Å². The van der Waals surface area contributed by atoms with Crippen LogP contribution in [-0.2, 0) is 4.74 Å². The molecule has 5 nitrogen and oxygen atoms in total. The van der Waals surface area contributed by atoms with E-state index in [0.29, 0.717) is 0 Å². The van der Waals surface area contributed by atoms with E-state index in [4.69, 9.17) is 4.74 Å². The van der Waals surface area contributed by atoms with Crippen LogP contribution in [0.1, 0.15) is 38.9 Å². The van der Waals surface area contributed by atoms with Gasteiger partial charge in [-0.3, -0.25) is 0 Å². The summed E-state index contributed by atoms with van der Waals surface area (Å²) in [6.45, 7) is 7.16. The van der Waals surface area contributed by atoms with Crippen molar-refractivity contribution >= 4 is 0 Å². The Morgan fingerprint density at radius 3 is 2.62 bits per heavy atom.